The Hall–Kier alpha value is -1.55. The number of aliphatic hydroxyl groups is 1. The number of carbonyl (C=O) groups excluding carboxylic acids is 1. The third kappa shape index (κ3) is 6.48. The van der Waals surface area contributed by atoms with Crippen LogP contribution in [0, 0.1) is 5.41 Å². The molecule has 0 spiro atoms. The van der Waals surface area contributed by atoms with E-state index in [4.69, 9.17) is 5.11 Å². The minimum Gasteiger partial charge on any atom is -0.396 e. The van der Waals surface area contributed by atoms with Crippen LogP contribution in [0.25, 0.3) is 0 Å². The summed E-state index contributed by atoms with van der Waals surface area (Å²) >= 11 is 0. The fourth-order valence-electron chi connectivity index (χ4n) is 2.41. The lowest BCUT2D eigenvalue weighted by Crippen LogP contribution is -2.41. The van der Waals surface area contributed by atoms with Gasteiger partial charge in [-0.3, -0.25) is 0 Å². The van der Waals surface area contributed by atoms with E-state index in [2.05, 4.69) is 39.1 Å². The van der Waals surface area contributed by atoms with Gasteiger partial charge in [-0.05, 0) is 29.9 Å². The first-order chi connectivity index (χ1) is 10.4. The second kappa shape index (κ2) is 8.79. The number of para-hydroxylation sites is 1. The second-order valence-corrected chi connectivity index (χ2v) is 6.90. The molecule has 2 N–H and O–H groups in total. The first-order valence-electron chi connectivity index (χ1n) is 8.12. The van der Waals surface area contributed by atoms with Crippen molar-refractivity contribution in [1.82, 2.24) is 4.90 Å². The van der Waals surface area contributed by atoms with Gasteiger partial charge in [-0.2, -0.15) is 0 Å². The molecule has 1 rings (SSSR count). The van der Waals surface area contributed by atoms with Gasteiger partial charge in [-0.1, -0.05) is 52.3 Å². The van der Waals surface area contributed by atoms with Crippen molar-refractivity contribution in [2.24, 2.45) is 5.41 Å². The Labute approximate surface area is 134 Å². The predicted molar refractivity (Wildman–Crippen MR) is 92.2 cm³/mol. The van der Waals surface area contributed by atoms with Crippen LogP contribution in [0.1, 0.15) is 46.1 Å². The van der Waals surface area contributed by atoms with Crippen molar-refractivity contribution in [2.75, 3.05) is 25.0 Å². The number of aryl methyl sites for hydroxylation is 1. The standard InChI is InChI=1S/C18H30N2O2/c1-5-9-15-10-6-7-11-16(15)19-17(22)20(12-8-13-21)14-18(2,3)4/h6-7,10-11,21H,5,8-9,12-14H2,1-4H3,(H,19,22). The highest BCUT2D eigenvalue weighted by Gasteiger charge is 2.21. The third-order valence-corrected chi connectivity index (χ3v) is 3.32. The fourth-order valence-corrected chi connectivity index (χ4v) is 2.41. The predicted octanol–water partition coefficient (Wildman–Crippen LogP) is 3.90. The van der Waals surface area contributed by atoms with E-state index in [1.807, 2.05) is 18.2 Å². The summed E-state index contributed by atoms with van der Waals surface area (Å²) in [7, 11) is 0. The van der Waals surface area contributed by atoms with Gasteiger partial charge >= 0.3 is 6.03 Å². The van der Waals surface area contributed by atoms with Crippen molar-refractivity contribution in [2.45, 2.75) is 47.0 Å². The Kier molecular flexibility index (Phi) is 7.39. The Morgan fingerprint density at radius 3 is 2.55 bits per heavy atom. The topological polar surface area (TPSA) is 52.6 Å². The van der Waals surface area contributed by atoms with Gasteiger partial charge in [-0.15, -0.1) is 0 Å². The minimum atomic E-state index is -0.0908. The van der Waals surface area contributed by atoms with Crippen molar-refractivity contribution in [3.05, 3.63) is 29.8 Å². The first kappa shape index (κ1) is 18.5. The number of benzene rings is 1. The number of hydrogen-bond donors (Lipinski definition) is 2. The maximum absolute atomic E-state index is 12.6. The number of aliphatic hydroxyl groups excluding tert-OH is 1. The van der Waals surface area contributed by atoms with E-state index in [0.717, 1.165) is 24.1 Å². The Bertz CT molecular complexity index is 466. The monoisotopic (exact) mass is 306 g/mol. The lowest BCUT2D eigenvalue weighted by Gasteiger charge is -2.30. The first-order valence-corrected chi connectivity index (χ1v) is 8.12. The van der Waals surface area contributed by atoms with Gasteiger partial charge < -0.3 is 15.3 Å². The molecule has 0 saturated carbocycles. The van der Waals surface area contributed by atoms with E-state index >= 15 is 0 Å². The van der Waals surface area contributed by atoms with Gasteiger partial charge in [-0.25, -0.2) is 4.79 Å². The minimum absolute atomic E-state index is 0.0235. The number of anilines is 1. The molecule has 0 aliphatic heterocycles. The van der Waals surface area contributed by atoms with E-state index in [1.165, 1.54) is 0 Å². The summed E-state index contributed by atoms with van der Waals surface area (Å²) in [6.45, 7) is 9.78. The quantitative estimate of drug-likeness (QED) is 0.802. The zero-order valence-electron chi connectivity index (χ0n) is 14.4. The van der Waals surface area contributed by atoms with Crippen LogP contribution in [0.3, 0.4) is 0 Å². The molecule has 0 unspecified atom stereocenters. The smallest absolute Gasteiger partial charge is 0.321 e. The van der Waals surface area contributed by atoms with E-state index < -0.39 is 0 Å². The number of hydrogen-bond acceptors (Lipinski definition) is 2. The van der Waals surface area contributed by atoms with Crippen LogP contribution < -0.4 is 5.32 Å². The molecule has 0 aliphatic rings. The molecule has 124 valence electrons. The number of urea groups is 1. The second-order valence-electron chi connectivity index (χ2n) is 6.90. The fraction of sp³-hybridized carbons (Fsp3) is 0.611. The molecule has 0 bridgehead atoms. The summed E-state index contributed by atoms with van der Waals surface area (Å²) in [5, 5.41) is 12.1. The van der Waals surface area contributed by atoms with Crippen LogP contribution in [0.2, 0.25) is 0 Å². The van der Waals surface area contributed by atoms with Crippen LogP contribution in [0.4, 0.5) is 10.5 Å². The number of nitrogens with zero attached hydrogens (tertiary/aromatic N) is 1. The molecular formula is C18H30N2O2. The zero-order valence-corrected chi connectivity index (χ0v) is 14.4. The van der Waals surface area contributed by atoms with Crippen LogP contribution in [0.5, 0.6) is 0 Å². The number of rotatable bonds is 7. The number of carbonyl (C=O) groups is 1. The molecule has 22 heavy (non-hydrogen) atoms. The van der Waals surface area contributed by atoms with E-state index in [9.17, 15) is 4.79 Å². The zero-order chi connectivity index (χ0) is 16.6. The van der Waals surface area contributed by atoms with Crippen molar-refractivity contribution < 1.29 is 9.90 Å². The lowest BCUT2D eigenvalue weighted by atomic mass is 9.96. The molecule has 1 aromatic carbocycles. The van der Waals surface area contributed by atoms with Crippen molar-refractivity contribution in [1.29, 1.82) is 0 Å². The molecule has 4 heteroatoms. The normalized spacial score (nSPS) is 11.3. The summed E-state index contributed by atoms with van der Waals surface area (Å²) in [6, 6.07) is 7.85. The summed E-state index contributed by atoms with van der Waals surface area (Å²) in [5.74, 6) is 0. The average Bonchev–Trinajstić information content (AvgIpc) is 2.44. The van der Waals surface area contributed by atoms with Crippen LogP contribution in [-0.4, -0.2) is 35.7 Å². The lowest BCUT2D eigenvalue weighted by molar-refractivity contribution is 0.176. The molecule has 1 aromatic rings. The van der Waals surface area contributed by atoms with Gasteiger partial charge in [0.25, 0.3) is 0 Å². The van der Waals surface area contributed by atoms with E-state index in [0.29, 0.717) is 19.5 Å². The highest BCUT2D eigenvalue weighted by Crippen LogP contribution is 2.20. The van der Waals surface area contributed by atoms with Gasteiger partial charge in [0.1, 0.15) is 0 Å². The molecule has 0 heterocycles. The van der Waals surface area contributed by atoms with E-state index in [-0.39, 0.29) is 18.1 Å². The van der Waals surface area contributed by atoms with Crippen LogP contribution in [0.15, 0.2) is 24.3 Å². The van der Waals surface area contributed by atoms with Crippen molar-refractivity contribution >= 4 is 11.7 Å². The molecule has 0 fully saturated rings. The Balaban J connectivity index is 2.81. The highest BCUT2D eigenvalue weighted by atomic mass is 16.3. The summed E-state index contributed by atoms with van der Waals surface area (Å²) in [6.07, 6.45) is 2.59. The largest absolute Gasteiger partial charge is 0.396 e. The van der Waals surface area contributed by atoms with Gasteiger partial charge in [0.15, 0.2) is 0 Å². The maximum Gasteiger partial charge on any atom is 0.321 e. The Morgan fingerprint density at radius 1 is 1.27 bits per heavy atom. The number of amides is 2. The summed E-state index contributed by atoms with van der Waals surface area (Å²) in [5.41, 5.74) is 2.07. The van der Waals surface area contributed by atoms with Crippen molar-refractivity contribution in [3.8, 4) is 0 Å². The third-order valence-electron chi connectivity index (χ3n) is 3.32. The molecular weight excluding hydrogens is 276 g/mol. The van der Waals surface area contributed by atoms with Gasteiger partial charge in [0.2, 0.25) is 0 Å². The highest BCUT2D eigenvalue weighted by molar-refractivity contribution is 5.90. The molecule has 0 saturated heterocycles. The summed E-state index contributed by atoms with van der Waals surface area (Å²) < 4.78 is 0. The van der Waals surface area contributed by atoms with Crippen molar-refractivity contribution in [3.63, 3.8) is 0 Å². The van der Waals surface area contributed by atoms with Crippen LogP contribution >= 0.6 is 0 Å². The maximum atomic E-state index is 12.6. The van der Waals surface area contributed by atoms with Crippen LogP contribution in [-0.2, 0) is 6.42 Å². The SMILES string of the molecule is CCCc1ccccc1NC(=O)N(CCCO)CC(C)(C)C. The molecule has 4 nitrogen and oxygen atoms in total. The Morgan fingerprint density at radius 2 is 1.95 bits per heavy atom. The van der Waals surface area contributed by atoms with Gasteiger partial charge in [0.05, 0.1) is 0 Å². The average molecular weight is 306 g/mol. The molecule has 0 aromatic heterocycles. The van der Waals surface area contributed by atoms with E-state index in [1.54, 1.807) is 4.90 Å². The molecule has 0 aliphatic carbocycles. The number of nitrogens with one attached hydrogen (secondary N) is 1. The molecule has 0 atom stereocenters. The molecule has 2 amide bonds. The molecule has 0 radical (unpaired) electrons. The summed E-state index contributed by atoms with van der Waals surface area (Å²) in [4.78, 5) is 14.4. The van der Waals surface area contributed by atoms with Gasteiger partial charge in [0, 0.05) is 25.4 Å².